The minimum atomic E-state index is -0.369. The van der Waals surface area contributed by atoms with Crippen molar-refractivity contribution in [2.24, 2.45) is 5.10 Å². The van der Waals surface area contributed by atoms with E-state index in [1.165, 1.54) is 6.21 Å². The van der Waals surface area contributed by atoms with Crippen LogP contribution in [-0.2, 0) is 0 Å². The zero-order valence-corrected chi connectivity index (χ0v) is 20.6. The maximum absolute atomic E-state index is 13.2. The van der Waals surface area contributed by atoms with Gasteiger partial charge in [0.05, 0.1) is 50.9 Å². The highest BCUT2D eigenvalue weighted by Gasteiger charge is 2.15. The Kier molecular flexibility index (Phi) is 7.65. The molecule has 0 bridgehead atoms. The molecule has 184 valence electrons. The minimum Gasteiger partial charge on any atom is -0.496 e. The second-order valence-corrected chi connectivity index (χ2v) is 7.68. The first kappa shape index (κ1) is 24.5. The molecule has 1 amide bonds. The molecule has 3 aromatic carbocycles. The highest BCUT2D eigenvalue weighted by Crippen LogP contribution is 2.34. The van der Waals surface area contributed by atoms with E-state index in [-0.39, 0.29) is 5.91 Å². The quantitative estimate of drug-likeness (QED) is 0.262. The molecule has 4 aromatic rings. The van der Waals surface area contributed by atoms with E-state index in [1.807, 2.05) is 55.5 Å². The van der Waals surface area contributed by atoms with Crippen LogP contribution in [0.1, 0.15) is 22.8 Å². The summed E-state index contributed by atoms with van der Waals surface area (Å²) in [4.78, 5) is 18.0. The van der Waals surface area contributed by atoms with E-state index in [9.17, 15) is 4.79 Å². The summed E-state index contributed by atoms with van der Waals surface area (Å²) in [5, 5.41) is 4.88. The van der Waals surface area contributed by atoms with Crippen molar-refractivity contribution in [3.8, 4) is 34.3 Å². The number of carbonyl (C=O) groups is 1. The summed E-state index contributed by atoms with van der Waals surface area (Å²) in [5.74, 6) is 1.94. The average Bonchev–Trinajstić information content (AvgIpc) is 2.92. The number of para-hydroxylation sites is 1. The molecule has 0 aliphatic heterocycles. The number of hydrogen-bond donors (Lipinski definition) is 1. The third-order valence-corrected chi connectivity index (χ3v) is 5.51. The van der Waals surface area contributed by atoms with Crippen LogP contribution in [0.2, 0.25) is 0 Å². The number of pyridine rings is 1. The second-order valence-electron chi connectivity index (χ2n) is 7.68. The summed E-state index contributed by atoms with van der Waals surface area (Å²) in [5.41, 5.74) is 5.89. The monoisotopic (exact) mass is 485 g/mol. The van der Waals surface area contributed by atoms with Gasteiger partial charge in [0.1, 0.15) is 11.5 Å². The number of nitrogens with one attached hydrogen (secondary N) is 1. The number of ether oxygens (including phenoxy) is 4. The number of amides is 1. The second kappa shape index (κ2) is 11.2. The summed E-state index contributed by atoms with van der Waals surface area (Å²) in [6, 6.07) is 20.3. The predicted octanol–water partition coefficient (Wildman–Crippen LogP) is 5.09. The Morgan fingerprint density at radius 1 is 0.917 bits per heavy atom. The fraction of sp³-hybridized carbons (Fsp3) is 0.179. The van der Waals surface area contributed by atoms with E-state index >= 15 is 0 Å². The lowest BCUT2D eigenvalue weighted by atomic mass is 10.0. The molecule has 8 heteroatoms. The fourth-order valence-corrected chi connectivity index (χ4v) is 3.80. The van der Waals surface area contributed by atoms with Crippen molar-refractivity contribution < 1.29 is 23.7 Å². The fourth-order valence-electron chi connectivity index (χ4n) is 3.80. The zero-order chi connectivity index (χ0) is 25.5. The van der Waals surface area contributed by atoms with Crippen molar-refractivity contribution in [1.29, 1.82) is 0 Å². The molecule has 0 spiro atoms. The Morgan fingerprint density at radius 2 is 1.67 bits per heavy atom. The SMILES string of the molecule is CCOc1cccc(-c2cc(C(=O)N/N=C\c3cc(OC)c(OC)cc3OC)c3ccccc3n2)c1. The minimum absolute atomic E-state index is 0.369. The van der Waals surface area contributed by atoms with Crippen molar-refractivity contribution in [2.75, 3.05) is 27.9 Å². The van der Waals surface area contributed by atoms with Crippen LogP contribution in [0.3, 0.4) is 0 Å². The zero-order valence-electron chi connectivity index (χ0n) is 20.6. The van der Waals surface area contributed by atoms with Gasteiger partial charge in [-0.15, -0.1) is 0 Å². The van der Waals surface area contributed by atoms with Gasteiger partial charge in [0.25, 0.3) is 5.91 Å². The summed E-state index contributed by atoms with van der Waals surface area (Å²) >= 11 is 0. The van der Waals surface area contributed by atoms with Gasteiger partial charge in [0.2, 0.25) is 0 Å². The number of hydrogen-bond acceptors (Lipinski definition) is 7. The van der Waals surface area contributed by atoms with Crippen LogP contribution >= 0.6 is 0 Å². The molecule has 4 rings (SSSR count). The van der Waals surface area contributed by atoms with Crippen LogP contribution < -0.4 is 24.4 Å². The van der Waals surface area contributed by atoms with Crippen LogP contribution in [0.4, 0.5) is 0 Å². The smallest absolute Gasteiger partial charge is 0.272 e. The van der Waals surface area contributed by atoms with Crippen molar-refractivity contribution in [3.05, 3.63) is 77.9 Å². The van der Waals surface area contributed by atoms with Crippen LogP contribution in [-0.4, -0.2) is 45.0 Å². The number of fused-ring (bicyclic) bond motifs is 1. The van der Waals surface area contributed by atoms with Crippen LogP contribution in [0, 0.1) is 0 Å². The number of methoxy groups -OCH3 is 3. The van der Waals surface area contributed by atoms with Crippen molar-refractivity contribution in [1.82, 2.24) is 10.4 Å². The summed E-state index contributed by atoms with van der Waals surface area (Å²) in [6.07, 6.45) is 1.49. The van der Waals surface area contributed by atoms with Gasteiger partial charge in [-0.1, -0.05) is 30.3 Å². The van der Waals surface area contributed by atoms with Crippen molar-refractivity contribution in [2.45, 2.75) is 6.92 Å². The molecule has 0 radical (unpaired) electrons. The Morgan fingerprint density at radius 3 is 2.42 bits per heavy atom. The molecular formula is C28H27N3O5. The molecule has 0 unspecified atom stereocenters. The number of aromatic nitrogens is 1. The largest absolute Gasteiger partial charge is 0.496 e. The lowest BCUT2D eigenvalue weighted by molar-refractivity contribution is 0.0956. The molecule has 0 fully saturated rings. The lowest BCUT2D eigenvalue weighted by Gasteiger charge is -2.12. The Labute approximate surface area is 209 Å². The van der Waals surface area contributed by atoms with Gasteiger partial charge in [-0.2, -0.15) is 5.10 Å². The molecule has 36 heavy (non-hydrogen) atoms. The number of hydrazone groups is 1. The van der Waals surface area contributed by atoms with Crippen molar-refractivity contribution >= 4 is 23.0 Å². The Bertz CT molecular complexity index is 1420. The molecule has 0 saturated heterocycles. The van der Waals surface area contributed by atoms with Crippen molar-refractivity contribution in [3.63, 3.8) is 0 Å². The standard InChI is InChI=1S/C28H27N3O5/c1-5-36-20-10-8-9-18(13-20)24-15-22(21-11-6-7-12-23(21)30-24)28(32)31-29-17-19-14-26(34-3)27(35-4)16-25(19)33-2/h6-17H,5H2,1-4H3,(H,31,32)/b29-17-. The van der Waals surface area contributed by atoms with E-state index in [0.29, 0.717) is 46.2 Å². The van der Waals surface area contributed by atoms with Crippen LogP contribution in [0.5, 0.6) is 23.0 Å². The average molecular weight is 486 g/mol. The third kappa shape index (κ3) is 5.22. The first-order valence-electron chi connectivity index (χ1n) is 11.3. The van der Waals surface area contributed by atoms with E-state index in [0.717, 1.165) is 16.7 Å². The van der Waals surface area contributed by atoms with Gasteiger partial charge < -0.3 is 18.9 Å². The highest BCUT2D eigenvalue weighted by molar-refractivity contribution is 6.07. The Hall–Kier alpha value is -4.59. The van der Waals surface area contributed by atoms with Gasteiger partial charge in [-0.3, -0.25) is 4.79 Å². The summed E-state index contributed by atoms with van der Waals surface area (Å²) in [7, 11) is 4.64. The van der Waals surface area contributed by atoms with Gasteiger partial charge >= 0.3 is 0 Å². The number of carbonyl (C=O) groups excluding carboxylic acids is 1. The third-order valence-electron chi connectivity index (χ3n) is 5.51. The molecule has 0 saturated carbocycles. The Balaban J connectivity index is 1.66. The lowest BCUT2D eigenvalue weighted by Crippen LogP contribution is -2.18. The maximum Gasteiger partial charge on any atom is 0.272 e. The van der Waals surface area contributed by atoms with Gasteiger partial charge in [-0.25, -0.2) is 10.4 Å². The molecule has 0 aliphatic rings. The predicted molar refractivity (Wildman–Crippen MR) is 140 cm³/mol. The van der Waals surface area contributed by atoms with Gasteiger partial charge in [-0.05, 0) is 37.3 Å². The van der Waals surface area contributed by atoms with E-state index in [4.69, 9.17) is 23.9 Å². The number of nitrogens with zero attached hydrogens (tertiary/aromatic N) is 2. The summed E-state index contributed by atoms with van der Waals surface area (Å²) < 4.78 is 21.7. The number of rotatable bonds is 9. The molecular weight excluding hydrogens is 458 g/mol. The van der Waals surface area contributed by atoms with E-state index in [2.05, 4.69) is 10.5 Å². The van der Waals surface area contributed by atoms with E-state index in [1.54, 1.807) is 39.5 Å². The molecule has 0 atom stereocenters. The topological polar surface area (TPSA) is 91.3 Å². The van der Waals surface area contributed by atoms with Gasteiger partial charge in [0.15, 0.2) is 11.5 Å². The normalized spacial score (nSPS) is 10.9. The molecule has 1 N–H and O–H groups in total. The molecule has 1 heterocycles. The summed E-state index contributed by atoms with van der Waals surface area (Å²) in [6.45, 7) is 2.49. The van der Waals surface area contributed by atoms with Gasteiger partial charge in [0, 0.05) is 22.6 Å². The van der Waals surface area contributed by atoms with E-state index < -0.39 is 0 Å². The maximum atomic E-state index is 13.2. The van der Waals surface area contributed by atoms with Crippen LogP contribution in [0.15, 0.2) is 71.8 Å². The molecule has 0 aliphatic carbocycles. The first-order chi connectivity index (χ1) is 17.6. The molecule has 1 aromatic heterocycles. The first-order valence-corrected chi connectivity index (χ1v) is 11.3. The highest BCUT2D eigenvalue weighted by atomic mass is 16.5. The molecule has 8 nitrogen and oxygen atoms in total. The number of benzene rings is 3. The van der Waals surface area contributed by atoms with Crippen LogP contribution in [0.25, 0.3) is 22.2 Å².